The molecule has 1 aliphatic rings. The van der Waals surface area contributed by atoms with Gasteiger partial charge in [-0.2, -0.15) is 0 Å². The molecule has 156 valence electrons. The lowest BCUT2D eigenvalue weighted by Gasteiger charge is -2.13. The number of hydrogen-bond donors (Lipinski definition) is 0. The van der Waals surface area contributed by atoms with E-state index in [4.69, 9.17) is 4.74 Å². The standard InChI is InChI=1S/C23H34O5/c1-4-5-8-11-20(28-18(2)24)16-14-19-15-17-22(25)21(19)12-9-6-7-10-13-23(26)27-3/h6,9,14,16,20H,4-5,7-8,10-13,15,17H2,1-3H3/b9-6+,16-14+/t20-/m0/s1. The highest BCUT2D eigenvalue weighted by atomic mass is 16.5. The van der Waals surface area contributed by atoms with Crippen molar-refractivity contribution in [2.45, 2.75) is 84.2 Å². The average Bonchev–Trinajstić information content (AvgIpc) is 3.01. The minimum absolute atomic E-state index is 0.189. The van der Waals surface area contributed by atoms with Crippen LogP contribution < -0.4 is 0 Å². The Balaban J connectivity index is 2.63. The lowest BCUT2D eigenvalue weighted by molar-refractivity contribution is -0.144. The minimum atomic E-state index is -0.280. The smallest absolute Gasteiger partial charge is 0.305 e. The molecule has 0 saturated heterocycles. The molecule has 0 N–H and O–H groups in total. The maximum absolute atomic E-state index is 12.2. The van der Waals surface area contributed by atoms with E-state index < -0.39 is 0 Å². The van der Waals surface area contributed by atoms with Gasteiger partial charge in [0.05, 0.1) is 7.11 Å². The number of rotatable bonds is 13. The second kappa shape index (κ2) is 13.9. The molecule has 0 bridgehead atoms. The van der Waals surface area contributed by atoms with Gasteiger partial charge in [0.15, 0.2) is 5.78 Å². The number of carbonyl (C=O) groups is 3. The van der Waals surface area contributed by atoms with Crippen molar-refractivity contribution >= 4 is 17.7 Å². The fourth-order valence-corrected chi connectivity index (χ4v) is 3.17. The lowest BCUT2D eigenvalue weighted by Crippen LogP contribution is -2.13. The van der Waals surface area contributed by atoms with E-state index in [-0.39, 0.29) is 23.8 Å². The van der Waals surface area contributed by atoms with Crippen LogP contribution in [0, 0.1) is 0 Å². The molecule has 1 rings (SSSR count). The Bertz CT molecular complexity index is 612. The lowest BCUT2D eigenvalue weighted by atomic mass is 10.0. The Morgan fingerprint density at radius 3 is 2.61 bits per heavy atom. The number of Topliss-reactive ketones (excluding diaryl/α,β-unsaturated/α-hetero) is 1. The molecule has 0 fully saturated rings. The molecule has 0 aromatic heterocycles. The van der Waals surface area contributed by atoms with Crippen molar-refractivity contribution in [1.29, 1.82) is 0 Å². The molecule has 1 atom stereocenters. The first-order valence-corrected chi connectivity index (χ1v) is 10.3. The molecule has 5 nitrogen and oxygen atoms in total. The number of esters is 2. The van der Waals surface area contributed by atoms with Crippen LogP contribution in [0.1, 0.15) is 78.1 Å². The maximum atomic E-state index is 12.2. The van der Waals surface area contributed by atoms with Gasteiger partial charge in [-0.25, -0.2) is 0 Å². The van der Waals surface area contributed by atoms with Crippen LogP contribution in [0.15, 0.2) is 35.5 Å². The molecule has 0 spiro atoms. The molecular formula is C23H34O5. The topological polar surface area (TPSA) is 69.7 Å². The van der Waals surface area contributed by atoms with Crippen molar-refractivity contribution in [3.05, 3.63) is 35.5 Å². The third-order valence-electron chi connectivity index (χ3n) is 4.74. The number of carbonyl (C=O) groups excluding carboxylic acids is 3. The zero-order chi connectivity index (χ0) is 20.8. The molecule has 0 aromatic rings. The number of ether oxygens (including phenoxy) is 2. The van der Waals surface area contributed by atoms with Crippen molar-refractivity contribution in [2.24, 2.45) is 0 Å². The van der Waals surface area contributed by atoms with E-state index in [9.17, 15) is 14.4 Å². The van der Waals surface area contributed by atoms with Gasteiger partial charge in [-0.15, -0.1) is 0 Å². The van der Waals surface area contributed by atoms with Crippen LogP contribution in [0.5, 0.6) is 0 Å². The summed E-state index contributed by atoms with van der Waals surface area (Å²) in [7, 11) is 1.39. The SMILES string of the molecule is CCCCC[C@@H](/C=C/C1=C(C/C=C/CCCC(=O)OC)C(=O)CC1)OC(C)=O. The molecular weight excluding hydrogens is 356 g/mol. The molecule has 0 unspecified atom stereocenters. The number of methoxy groups -OCH3 is 1. The maximum Gasteiger partial charge on any atom is 0.305 e. The van der Waals surface area contributed by atoms with Crippen molar-refractivity contribution in [1.82, 2.24) is 0 Å². The van der Waals surface area contributed by atoms with Gasteiger partial charge in [0.1, 0.15) is 6.10 Å². The number of unbranched alkanes of at least 4 members (excludes halogenated alkanes) is 3. The summed E-state index contributed by atoms with van der Waals surface area (Å²) >= 11 is 0. The molecule has 0 heterocycles. The monoisotopic (exact) mass is 390 g/mol. The van der Waals surface area contributed by atoms with Crippen LogP contribution in [-0.2, 0) is 23.9 Å². The zero-order valence-corrected chi connectivity index (χ0v) is 17.5. The van der Waals surface area contributed by atoms with Gasteiger partial charge >= 0.3 is 11.9 Å². The molecule has 0 amide bonds. The van der Waals surface area contributed by atoms with Crippen LogP contribution in [0.3, 0.4) is 0 Å². The summed E-state index contributed by atoms with van der Waals surface area (Å²) in [5.74, 6) is -0.289. The minimum Gasteiger partial charge on any atom is -0.469 e. The van der Waals surface area contributed by atoms with Crippen molar-refractivity contribution < 1.29 is 23.9 Å². The van der Waals surface area contributed by atoms with Crippen molar-refractivity contribution in [3.8, 4) is 0 Å². The Hall–Kier alpha value is -2.17. The zero-order valence-electron chi connectivity index (χ0n) is 17.5. The fraction of sp³-hybridized carbons (Fsp3) is 0.609. The Morgan fingerprint density at radius 1 is 1.14 bits per heavy atom. The third kappa shape index (κ3) is 9.67. The third-order valence-corrected chi connectivity index (χ3v) is 4.74. The predicted octanol–water partition coefficient (Wildman–Crippen LogP) is 5.00. The first-order chi connectivity index (χ1) is 13.5. The van der Waals surface area contributed by atoms with Gasteiger partial charge in [-0.1, -0.05) is 38.0 Å². The molecule has 28 heavy (non-hydrogen) atoms. The highest BCUT2D eigenvalue weighted by Crippen LogP contribution is 2.27. The summed E-state index contributed by atoms with van der Waals surface area (Å²) in [5.41, 5.74) is 1.88. The Labute approximate surface area is 168 Å². The number of hydrogen-bond acceptors (Lipinski definition) is 5. The van der Waals surface area contributed by atoms with Gasteiger partial charge in [-0.05, 0) is 50.2 Å². The molecule has 0 aliphatic heterocycles. The van der Waals surface area contributed by atoms with Gasteiger partial charge in [0.25, 0.3) is 0 Å². The van der Waals surface area contributed by atoms with Crippen LogP contribution in [0.2, 0.25) is 0 Å². The normalized spacial score (nSPS) is 15.6. The summed E-state index contributed by atoms with van der Waals surface area (Å²) in [6, 6.07) is 0. The largest absolute Gasteiger partial charge is 0.469 e. The quantitative estimate of drug-likeness (QED) is 0.251. The summed E-state index contributed by atoms with van der Waals surface area (Å²) in [6.45, 7) is 3.57. The van der Waals surface area contributed by atoms with Gasteiger partial charge in [0.2, 0.25) is 0 Å². The van der Waals surface area contributed by atoms with E-state index in [1.807, 2.05) is 24.3 Å². The Kier molecular flexibility index (Phi) is 11.9. The van der Waals surface area contributed by atoms with Crippen LogP contribution in [-0.4, -0.2) is 30.9 Å². The molecule has 0 radical (unpaired) electrons. The summed E-state index contributed by atoms with van der Waals surface area (Å²) in [6.07, 6.45) is 15.5. The number of allylic oxidation sites excluding steroid dienone is 5. The van der Waals surface area contributed by atoms with Gasteiger partial charge < -0.3 is 9.47 Å². The summed E-state index contributed by atoms with van der Waals surface area (Å²) in [4.78, 5) is 34.6. The molecule has 5 heteroatoms. The van der Waals surface area contributed by atoms with Crippen LogP contribution >= 0.6 is 0 Å². The van der Waals surface area contributed by atoms with Gasteiger partial charge in [0, 0.05) is 25.3 Å². The van der Waals surface area contributed by atoms with Crippen LogP contribution in [0.25, 0.3) is 0 Å². The second-order valence-electron chi connectivity index (χ2n) is 7.07. The average molecular weight is 391 g/mol. The van der Waals surface area contributed by atoms with E-state index >= 15 is 0 Å². The molecule has 0 aromatic carbocycles. The van der Waals surface area contributed by atoms with Crippen LogP contribution in [0.4, 0.5) is 0 Å². The Morgan fingerprint density at radius 2 is 1.93 bits per heavy atom. The van der Waals surface area contributed by atoms with Crippen molar-refractivity contribution in [3.63, 3.8) is 0 Å². The van der Waals surface area contributed by atoms with E-state index in [2.05, 4.69) is 11.7 Å². The summed E-state index contributed by atoms with van der Waals surface area (Å²) < 4.78 is 10.0. The highest BCUT2D eigenvalue weighted by molar-refractivity contribution is 5.99. The van der Waals surface area contributed by atoms with E-state index in [0.717, 1.165) is 56.1 Å². The predicted molar refractivity (Wildman–Crippen MR) is 110 cm³/mol. The molecule has 1 aliphatic carbocycles. The first-order valence-electron chi connectivity index (χ1n) is 10.3. The second-order valence-corrected chi connectivity index (χ2v) is 7.07. The van der Waals surface area contributed by atoms with Gasteiger partial charge in [-0.3, -0.25) is 14.4 Å². The fourth-order valence-electron chi connectivity index (χ4n) is 3.17. The molecule has 0 saturated carbocycles. The van der Waals surface area contributed by atoms with Crippen molar-refractivity contribution in [2.75, 3.05) is 7.11 Å². The van der Waals surface area contributed by atoms with E-state index in [0.29, 0.717) is 19.3 Å². The first kappa shape index (κ1) is 23.9. The van der Waals surface area contributed by atoms with E-state index in [1.54, 1.807) is 0 Å². The number of ketones is 1. The van der Waals surface area contributed by atoms with E-state index in [1.165, 1.54) is 14.0 Å². The summed E-state index contributed by atoms with van der Waals surface area (Å²) in [5, 5.41) is 0. The highest BCUT2D eigenvalue weighted by Gasteiger charge is 2.20.